The second kappa shape index (κ2) is 9.34. The average Bonchev–Trinajstić information content (AvgIpc) is 2.39. The lowest BCUT2D eigenvalue weighted by molar-refractivity contribution is -0.138. The van der Waals surface area contributed by atoms with Crippen molar-refractivity contribution >= 4 is 24.0 Å². The Kier molecular flexibility index (Phi) is 8.59. The second-order valence-electron chi connectivity index (χ2n) is 5.02. The zero-order valence-corrected chi connectivity index (χ0v) is 12.7. The maximum absolute atomic E-state index is 10.9. The summed E-state index contributed by atoms with van der Waals surface area (Å²) >= 11 is 5.61. The molecule has 112 valence electrons. The van der Waals surface area contributed by atoms with Gasteiger partial charge in [-0.3, -0.25) is 15.0 Å². The number of hydrazine groups is 1. The van der Waals surface area contributed by atoms with E-state index >= 15 is 0 Å². The van der Waals surface area contributed by atoms with E-state index < -0.39 is 0 Å². The number of amides is 1. The first-order valence-electron chi connectivity index (χ1n) is 6.07. The largest absolute Gasteiger partial charge is 0.462 e. The van der Waals surface area contributed by atoms with Crippen LogP contribution in [0.2, 0.25) is 0 Å². The summed E-state index contributed by atoms with van der Waals surface area (Å²) in [5.41, 5.74) is 3.73. The summed E-state index contributed by atoms with van der Waals surface area (Å²) in [7, 11) is 0. The Balaban J connectivity index is 0.000000441. The second-order valence-corrected chi connectivity index (χ2v) is 5.29. The molecule has 0 radical (unpaired) electrons. The molecule has 0 atom stereocenters. The molecule has 6 heteroatoms. The molecule has 1 rings (SSSR count). The molecule has 0 saturated heterocycles. The number of nitrogens with two attached hydrogens (primary N) is 1. The summed E-state index contributed by atoms with van der Waals surface area (Å²) < 4.78 is 4.55. The summed E-state index contributed by atoms with van der Waals surface area (Å²) in [5, 5.41) is 0. The highest BCUT2D eigenvalue weighted by Gasteiger charge is 2.07. The maximum Gasteiger partial charge on any atom is 0.293 e. The Morgan fingerprint density at radius 3 is 2.10 bits per heavy atom. The van der Waals surface area contributed by atoms with Gasteiger partial charge in [-0.05, 0) is 31.9 Å². The van der Waals surface area contributed by atoms with Crippen LogP contribution < -0.4 is 11.3 Å². The van der Waals surface area contributed by atoms with E-state index in [-0.39, 0.29) is 11.5 Å². The van der Waals surface area contributed by atoms with E-state index in [1.807, 2.05) is 45.0 Å². The predicted octanol–water partition coefficient (Wildman–Crippen LogP) is 1.92. The first-order chi connectivity index (χ1) is 9.32. The van der Waals surface area contributed by atoms with E-state index in [4.69, 9.17) is 17.4 Å². The number of hydrogen-bond acceptors (Lipinski definition) is 4. The molecule has 0 fully saturated rings. The number of rotatable bonds is 4. The number of nitrogens with one attached hydrogen (secondary N) is 1. The fourth-order valence-corrected chi connectivity index (χ4v) is 1.31. The van der Waals surface area contributed by atoms with Crippen molar-refractivity contribution in [1.82, 2.24) is 5.43 Å². The van der Waals surface area contributed by atoms with Crippen LogP contribution >= 0.6 is 11.6 Å². The number of benzene rings is 1. The van der Waals surface area contributed by atoms with Gasteiger partial charge in [0.2, 0.25) is 5.91 Å². The van der Waals surface area contributed by atoms with Gasteiger partial charge >= 0.3 is 0 Å². The Morgan fingerprint density at radius 1 is 1.30 bits per heavy atom. The lowest BCUT2D eigenvalue weighted by Crippen LogP contribution is -2.31. The highest BCUT2D eigenvalue weighted by atomic mass is 35.5. The van der Waals surface area contributed by atoms with E-state index in [0.717, 1.165) is 11.1 Å². The smallest absolute Gasteiger partial charge is 0.293 e. The number of halogens is 1. The summed E-state index contributed by atoms with van der Waals surface area (Å²) in [6.07, 6.45) is 0.305. The summed E-state index contributed by atoms with van der Waals surface area (Å²) in [6.45, 7) is 5.92. The fraction of sp³-hybridized carbons (Fsp3) is 0.429. The standard InChI is InChI=1S/C9H11ClN2O.C5H10O2/c10-6-8-3-1-7(2-4-8)5-9(13)12-11;1-5(2,3)7-4-6/h1-4H,5-6,11H2,(H,12,13);4H,1-3H3. The van der Waals surface area contributed by atoms with Crippen LogP contribution in [0, 0.1) is 0 Å². The third-order valence-corrected chi connectivity index (χ3v) is 2.41. The molecular weight excluding hydrogens is 280 g/mol. The summed E-state index contributed by atoms with van der Waals surface area (Å²) in [4.78, 5) is 20.5. The van der Waals surface area contributed by atoms with Crippen LogP contribution in [0.25, 0.3) is 0 Å². The van der Waals surface area contributed by atoms with Gasteiger partial charge in [0.05, 0.1) is 6.42 Å². The lowest BCUT2D eigenvalue weighted by atomic mass is 10.1. The molecule has 1 aromatic rings. The highest BCUT2D eigenvalue weighted by Crippen LogP contribution is 2.07. The molecule has 0 spiro atoms. The van der Waals surface area contributed by atoms with Crippen LogP contribution in [0.4, 0.5) is 0 Å². The van der Waals surface area contributed by atoms with Crippen LogP contribution in [0.3, 0.4) is 0 Å². The third kappa shape index (κ3) is 9.35. The minimum Gasteiger partial charge on any atom is -0.462 e. The molecule has 0 bridgehead atoms. The zero-order chi connectivity index (χ0) is 15.6. The van der Waals surface area contributed by atoms with Gasteiger partial charge in [0.15, 0.2) is 0 Å². The average molecular weight is 301 g/mol. The van der Waals surface area contributed by atoms with Crippen molar-refractivity contribution in [3.63, 3.8) is 0 Å². The van der Waals surface area contributed by atoms with Gasteiger partial charge in [-0.25, -0.2) is 5.84 Å². The third-order valence-electron chi connectivity index (χ3n) is 2.10. The topological polar surface area (TPSA) is 81.4 Å². The molecule has 3 N–H and O–H groups in total. The molecule has 20 heavy (non-hydrogen) atoms. The monoisotopic (exact) mass is 300 g/mol. The van der Waals surface area contributed by atoms with Crippen molar-refractivity contribution in [2.45, 2.75) is 38.7 Å². The van der Waals surface area contributed by atoms with Crippen LogP contribution in [0.5, 0.6) is 0 Å². The first-order valence-corrected chi connectivity index (χ1v) is 6.60. The fourth-order valence-electron chi connectivity index (χ4n) is 1.13. The van der Waals surface area contributed by atoms with E-state index in [1.165, 1.54) is 0 Å². The number of carbonyl (C=O) groups is 2. The Labute approximate surface area is 124 Å². The molecule has 0 heterocycles. The van der Waals surface area contributed by atoms with Crippen LogP contribution in [-0.2, 0) is 26.6 Å². The molecule has 0 unspecified atom stereocenters. The molecule has 0 aliphatic rings. The number of carbonyl (C=O) groups excluding carboxylic acids is 2. The minimum absolute atomic E-state index is 0.196. The highest BCUT2D eigenvalue weighted by molar-refractivity contribution is 6.17. The van der Waals surface area contributed by atoms with Crippen LogP contribution in [-0.4, -0.2) is 18.0 Å². The van der Waals surface area contributed by atoms with E-state index in [1.54, 1.807) is 0 Å². The van der Waals surface area contributed by atoms with Gasteiger partial charge in [-0.15, -0.1) is 11.6 Å². The first kappa shape index (κ1) is 18.4. The molecule has 1 amide bonds. The van der Waals surface area contributed by atoms with E-state index in [2.05, 4.69) is 10.2 Å². The number of hydrogen-bond donors (Lipinski definition) is 2. The Bertz CT molecular complexity index is 413. The van der Waals surface area contributed by atoms with Gasteiger partial charge in [-0.2, -0.15) is 0 Å². The SMILES string of the molecule is CC(C)(C)OC=O.NNC(=O)Cc1ccc(CCl)cc1. The van der Waals surface area contributed by atoms with Crippen molar-refractivity contribution in [1.29, 1.82) is 0 Å². The number of alkyl halides is 1. The van der Waals surface area contributed by atoms with Gasteiger partial charge in [0.25, 0.3) is 6.47 Å². The van der Waals surface area contributed by atoms with Crippen LogP contribution in [0.1, 0.15) is 31.9 Å². The maximum atomic E-state index is 10.9. The molecule has 0 aliphatic heterocycles. The molecule has 0 saturated carbocycles. The molecule has 1 aromatic carbocycles. The molecular formula is C14H21ClN2O3. The van der Waals surface area contributed by atoms with Gasteiger partial charge in [0.1, 0.15) is 5.60 Å². The van der Waals surface area contributed by atoms with E-state index in [9.17, 15) is 9.59 Å². The summed E-state index contributed by atoms with van der Waals surface area (Å²) in [5.74, 6) is 5.25. The van der Waals surface area contributed by atoms with Crippen molar-refractivity contribution in [3.8, 4) is 0 Å². The number of ether oxygens (including phenoxy) is 1. The minimum atomic E-state index is -0.318. The molecule has 5 nitrogen and oxygen atoms in total. The summed E-state index contributed by atoms with van der Waals surface area (Å²) in [6, 6.07) is 7.53. The molecule has 0 aromatic heterocycles. The molecule has 0 aliphatic carbocycles. The van der Waals surface area contributed by atoms with Crippen molar-refractivity contribution in [3.05, 3.63) is 35.4 Å². The Morgan fingerprint density at radius 2 is 1.80 bits per heavy atom. The normalized spacial score (nSPS) is 10.1. The van der Waals surface area contributed by atoms with Crippen LogP contribution in [0.15, 0.2) is 24.3 Å². The van der Waals surface area contributed by atoms with Crippen molar-refractivity contribution < 1.29 is 14.3 Å². The quantitative estimate of drug-likeness (QED) is 0.293. The Hall–Kier alpha value is -1.59. The van der Waals surface area contributed by atoms with Crippen molar-refractivity contribution in [2.75, 3.05) is 0 Å². The predicted molar refractivity (Wildman–Crippen MR) is 78.9 cm³/mol. The van der Waals surface area contributed by atoms with Gasteiger partial charge in [0, 0.05) is 5.88 Å². The van der Waals surface area contributed by atoms with Crippen molar-refractivity contribution in [2.24, 2.45) is 5.84 Å². The zero-order valence-electron chi connectivity index (χ0n) is 12.0. The van der Waals surface area contributed by atoms with E-state index in [0.29, 0.717) is 18.8 Å². The van der Waals surface area contributed by atoms with Gasteiger partial charge < -0.3 is 4.74 Å². The lowest BCUT2D eigenvalue weighted by Gasteiger charge is -2.14. The van der Waals surface area contributed by atoms with Gasteiger partial charge in [-0.1, -0.05) is 24.3 Å².